The number of rotatable bonds is 4. The van der Waals surface area contributed by atoms with E-state index in [9.17, 15) is 4.79 Å². The zero-order valence-electron chi connectivity index (χ0n) is 16.2. The van der Waals surface area contributed by atoms with Gasteiger partial charge in [0.2, 0.25) is 5.91 Å². The SMILES string of the molecule is CCn1c2ccccc2c2cc(NC(=O)CN3C[C@H](C)O[C@@H](C)C3)ccc21. The van der Waals surface area contributed by atoms with E-state index >= 15 is 0 Å². The van der Waals surface area contributed by atoms with Crippen LogP contribution in [0, 0.1) is 0 Å². The number of ether oxygens (including phenoxy) is 1. The second-order valence-electron chi connectivity index (χ2n) is 7.49. The topological polar surface area (TPSA) is 46.5 Å². The van der Waals surface area contributed by atoms with Crippen molar-refractivity contribution in [3.8, 4) is 0 Å². The quantitative estimate of drug-likeness (QED) is 0.764. The molecule has 1 amide bonds. The maximum absolute atomic E-state index is 12.6. The van der Waals surface area contributed by atoms with Gasteiger partial charge in [-0.25, -0.2) is 0 Å². The molecule has 142 valence electrons. The highest BCUT2D eigenvalue weighted by molar-refractivity contribution is 6.09. The van der Waals surface area contributed by atoms with Crippen LogP contribution in [0.1, 0.15) is 20.8 Å². The minimum absolute atomic E-state index is 0.0230. The minimum atomic E-state index is 0.0230. The number of carbonyl (C=O) groups is 1. The van der Waals surface area contributed by atoms with Gasteiger partial charge in [-0.05, 0) is 45.0 Å². The highest BCUT2D eigenvalue weighted by Gasteiger charge is 2.23. The lowest BCUT2D eigenvalue weighted by molar-refractivity contribution is -0.121. The van der Waals surface area contributed by atoms with Gasteiger partial charge in [0.15, 0.2) is 0 Å². The highest BCUT2D eigenvalue weighted by atomic mass is 16.5. The number of hydrogen-bond donors (Lipinski definition) is 1. The average Bonchev–Trinajstić information content (AvgIpc) is 2.94. The standard InChI is InChI=1S/C22H27N3O2/c1-4-25-20-8-6-5-7-18(20)19-11-17(9-10-21(19)25)23-22(26)14-24-12-15(2)27-16(3)13-24/h5-11,15-16H,4,12-14H2,1-3H3,(H,23,26)/t15-,16-/m0/s1. The van der Waals surface area contributed by atoms with E-state index in [2.05, 4.69) is 72.0 Å². The first-order valence-corrected chi connectivity index (χ1v) is 9.73. The minimum Gasteiger partial charge on any atom is -0.373 e. The predicted molar refractivity (Wildman–Crippen MR) is 110 cm³/mol. The molecule has 0 unspecified atom stereocenters. The summed E-state index contributed by atoms with van der Waals surface area (Å²) >= 11 is 0. The monoisotopic (exact) mass is 365 g/mol. The lowest BCUT2D eigenvalue weighted by Gasteiger charge is -2.34. The van der Waals surface area contributed by atoms with E-state index < -0.39 is 0 Å². The largest absolute Gasteiger partial charge is 0.373 e. The van der Waals surface area contributed by atoms with Crippen LogP contribution in [-0.4, -0.2) is 47.2 Å². The molecular formula is C22H27N3O2. The zero-order valence-corrected chi connectivity index (χ0v) is 16.2. The Hall–Kier alpha value is -2.37. The molecular weight excluding hydrogens is 338 g/mol. The number of amides is 1. The lowest BCUT2D eigenvalue weighted by atomic mass is 10.1. The Kier molecular flexibility index (Phi) is 4.89. The zero-order chi connectivity index (χ0) is 19.0. The van der Waals surface area contributed by atoms with Gasteiger partial charge in [0.1, 0.15) is 0 Å². The van der Waals surface area contributed by atoms with Gasteiger partial charge in [0.25, 0.3) is 0 Å². The predicted octanol–water partition coefficient (Wildman–Crippen LogP) is 3.86. The van der Waals surface area contributed by atoms with Gasteiger partial charge >= 0.3 is 0 Å². The molecule has 0 saturated carbocycles. The van der Waals surface area contributed by atoms with E-state index in [1.165, 1.54) is 21.8 Å². The van der Waals surface area contributed by atoms with E-state index in [4.69, 9.17) is 4.74 Å². The van der Waals surface area contributed by atoms with Gasteiger partial charge in [0, 0.05) is 47.1 Å². The molecule has 1 aliphatic rings. The van der Waals surface area contributed by atoms with Gasteiger partial charge in [-0.1, -0.05) is 18.2 Å². The Balaban J connectivity index is 1.56. The Morgan fingerprint density at radius 1 is 1.07 bits per heavy atom. The molecule has 1 aromatic heterocycles. The van der Waals surface area contributed by atoms with Gasteiger partial charge in [-0.3, -0.25) is 9.69 Å². The van der Waals surface area contributed by atoms with E-state index in [0.29, 0.717) is 6.54 Å². The number of nitrogens with one attached hydrogen (secondary N) is 1. The number of fused-ring (bicyclic) bond motifs is 3. The van der Waals surface area contributed by atoms with Crippen molar-refractivity contribution in [3.63, 3.8) is 0 Å². The van der Waals surface area contributed by atoms with E-state index in [1.807, 2.05) is 6.07 Å². The first kappa shape index (κ1) is 18.0. The fourth-order valence-corrected chi connectivity index (χ4v) is 4.29. The summed E-state index contributed by atoms with van der Waals surface area (Å²) in [6.07, 6.45) is 0.330. The Bertz CT molecular complexity index is 968. The first-order valence-electron chi connectivity index (χ1n) is 9.73. The summed E-state index contributed by atoms with van der Waals surface area (Å²) in [5, 5.41) is 5.48. The maximum atomic E-state index is 12.6. The van der Waals surface area contributed by atoms with E-state index in [1.54, 1.807) is 0 Å². The summed E-state index contributed by atoms with van der Waals surface area (Å²) < 4.78 is 8.05. The summed E-state index contributed by atoms with van der Waals surface area (Å²) in [6, 6.07) is 14.6. The summed E-state index contributed by atoms with van der Waals surface area (Å²) in [7, 11) is 0. The van der Waals surface area contributed by atoms with Crippen molar-refractivity contribution >= 4 is 33.4 Å². The fraction of sp³-hybridized carbons (Fsp3) is 0.409. The van der Waals surface area contributed by atoms with Gasteiger partial charge < -0.3 is 14.6 Å². The molecule has 0 radical (unpaired) electrons. The van der Waals surface area contributed by atoms with Crippen molar-refractivity contribution in [3.05, 3.63) is 42.5 Å². The number of benzene rings is 2. The first-order chi connectivity index (χ1) is 13.0. The number of morpholine rings is 1. The van der Waals surface area contributed by atoms with Crippen LogP contribution in [0.15, 0.2) is 42.5 Å². The molecule has 0 aliphatic carbocycles. The molecule has 4 rings (SSSR count). The number of anilines is 1. The molecule has 1 saturated heterocycles. The number of aromatic nitrogens is 1. The Morgan fingerprint density at radius 2 is 1.78 bits per heavy atom. The molecule has 1 aliphatic heterocycles. The van der Waals surface area contributed by atoms with E-state index in [-0.39, 0.29) is 18.1 Å². The third-order valence-corrected chi connectivity index (χ3v) is 5.23. The molecule has 2 atom stereocenters. The van der Waals surface area contributed by atoms with Crippen molar-refractivity contribution in [2.24, 2.45) is 0 Å². The van der Waals surface area contributed by atoms with Crippen LogP contribution in [0.25, 0.3) is 21.8 Å². The van der Waals surface area contributed by atoms with Crippen molar-refractivity contribution in [1.29, 1.82) is 0 Å². The van der Waals surface area contributed by atoms with Crippen molar-refractivity contribution in [1.82, 2.24) is 9.47 Å². The Labute approximate surface area is 159 Å². The molecule has 5 nitrogen and oxygen atoms in total. The molecule has 5 heteroatoms. The number of para-hydroxylation sites is 1. The molecule has 2 heterocycles. The summed E-state index contributed by atoms with van der Waals surface area (Å²) in [5.41, 5.74) is 3.28. The van der Waals surface area contributed by atoms with Crippen LogP contribution >= 0.6 is 0 Å². The van der Waals surface area contributed by atoms with Crippen LogP contribution in [0.2, 0.25) is 0 Å². The van der Waals surface area contributed by atoms with Gasteiger partial charge in [-0.15, -0.1) is 0 Å². The maximum Gasteiger partial charge on any atom is 0.238 e. The van der Waals surface area contributed by atoms with Crippen LogP contribution in [0.4, 0.5) is 5.69 Å². The number of hydrogen-bond acceptors (Lipinski definition) is 3. The molecule has 2 aromatic carbocycles. The Morgan fingerprint density at radius 3 is 2.52 bits per heavy atom. The van der Waals surface area contributed by atoms with Crippen LogP contribution in [0.5, 0.6) is 0 Å². The summed E-state index contributed by atoms with van der Waals surface area (Å²) in [4.78, 5) is 14.7. The summed E-state index contributed by atoms with van der Waals surface area (Å²) in [5.74, 6) is 0.0230. The number of carbonyl (C=O) groups excluding carboxylic acids is 1. The third kappa shape index (κ3) is 3.57. The van der Waals surface area contributed by atoms with Crippen molar-refractivity contribution in [2.45, 2.75) is 39.5 Å². The normalized spacial score (nSPS) is 21.0. The van der Waals surface area contributed by atoms with E-state index in [0.717, 1.165) is 25.3 Å². The highest BCUT2D eigenvalue weighted by Crippen LogP contribution is 2.31. The second kappa shape index (κ2) is 7.33. The lowest BCUT2D eigenvalue weighted by Crippen LogP contribution is -2.48. The van der Waals surface area contributed by atoms with Crippen molar-refractivity contribution in [2.75, 3.05) is 25.0 Å². The average molecular weight is 365 g/mol. The van der Waals surface area contributed by atoms with Crippen LogP contribution < -0.4 is 5.32 Å². The van der Waals surface area contributed by atoms with Gasteiger partial charge in [-0.2, -0.15) is 0 Å². The fourth-order valence-electron chi connectivity index (χ4n) is 4.29. The molecule has 0 spiro atoms. The smallest absolute Gasteiger partial charge is 0.238 e. The molecule has 0 bridgehead atoms. The summed E-state index contributed by atoms with van der Waals surface area (Å²) in [6.45, 7) is 9.17. The molecule has 27 heavy (non-hydrogen) atoms. The van der Waals surface area contributed by atoms with Crippen LogP contribution in [0.3, 0.4) is 0 Å². The third-order valence-electron chi connectivity index (χ3n) is 5.23. The van der Waals surface area contributed by atoms with Crippen molar-refractivity contribution < 1.29 is 9.53 Å². The van der Waals surface area contributed by atoms with Gasteiger partial charge in [0.05, 0.1) is 18.8 Å². The molecule has 3 aromatic rings. The number of aryl methyl sites for hydroxylation is 1. The van der Waals surface area contributed by atoms with Crippen LogP contribution in [-0.2, 0) is 16.1 Å². The molecule has 1 N–H and O–H groups in total. The molecule has 1 fully saturated rings. The second-order valence-corrected chi connectivity index (χ2v) is 7.49. The number of nitrogens with zero attached hydrogens (tertiary/aromatic N) is 2.